The van der Waals surface area contributed by atoms with Crippen molar-refractivity contribution in [2.45, 2.75) is 23.0 Å². The van der Waals surface area contributed by atoms with Crippen molar-refractivity contribution in [3.05, 3.63) is 78.2 Å². The summed E-state index contributed by atoms with van der Waals surface area (Å²) < 4.78 is 25.9. The molecule has 9 nitrogen and oxygen atoms in total. The summed E-state index contributed by atoms with van der Waals surface area (Å²) in [4.78, 5) is 24.5. The van der Waals surface area contributed by atoms with Gasteiger partial charge in [-0.05, 0) is 54.8 Å². The van der Waals surface area contributed by atoms with E-state index in [9.17, 15) is 13.2 Å². The third-order valence-electron chi connectivity index (χ3n) is 6.35. The highest BCUT2D eigenvalue weighted by molar-refractivity contribution is 7.92. The topological polar surface area (TPSA) is 128 Å². The van der Waals surface area contributed by atoms with E-state index < -0.39 is 21.2 Å². The van der Waals surface area contributed by atoms with Gasteiger partial charge in [-0.1, -0.05) is 24.3 Å². The average Bonchev–Trinajstić information content (AvgIpc) is 3.38. The van der Waals surface area contributed by atoms with Gasteiger partial charge in [-0.25, -0.2) is 23.2 Å². The summed E-state index contributed by atoms with van der Waals surface area (Å²) in [5, 5.41) is 12.7. The first kappa shape index (κ1) is 23.6. The third-order valence-corrected chi connectivity index (χ3v) is 8.62. The number of amides is 1. The van der Waals surface area contributed by atoms with E-state index in [0.29, 0.717) is 24.5 Å². The van der Waals surface area contributed by atoms with Gasteiger partial charge in [0.25, 0.3) is 0 Å². The molecule has 4 aromatic rings. The molecule has 0 saturated carbocycles. The smallest absolute Gasteiger partial charge is 0.407 e. The molecule has 0 atom stereocenters. The van der Waals surface area contributed by atoms with Gasteiger partial charge < -0.3 is 20.3 Å². The lowest BCUT2D eigenvalue weighted by Crippen LogP contribution is -2.41. The zero-order chi connectivity index (χ0) is 25.1. The fourth-order valence-electron chi connectivity index (χ4n) is 4.34. The predicted octanol–water partition coefficient (Wildman–Crippen LogP) is 4.79. The van der Waals surface area contributed by atoms with Crippen LogP contribution in [-0.2, 0) is 9.84 Å². The monoisotopic (exact) mass is 503 g/mol. The van der Waals surface area contributed by atoms with E-state index in [-0.39, 0.29) is 18.0 Å². The van der Waals surface area contributed by atoms with E-state index in [1.54, 1.807) is 36.7 Å². The summed E-state index contributed by atoms with van der Waals surface area (Å²) >= 11 is 0. The first-order valence-electron chi connectivity index (χ1n) is 11.6. The summed E-state index contributed by atoms with van der Waals surface area (Å²) in [6.45, 7) is 0.451. The maximum atomic E-state index is 13.0. The molecule has 3 heterocycles. The van der Waals surface area contributed by atoms with Crippen LogP contribution in [0.15, 0.2) is 72.0 Å². The second-order valence-corrected chi connectivity index (χ2v) is 10.9. The van der Waals surface area contributed by atoms with E-state index in [0.717, 1.165) is 22.0 Å². The lowest BCUT2D eigenvalue weighted by molar-refractivity contribution is 0.136. The van der Waals surface area contributed by atoms with Crippen molar-refractivity contribution in [2.24, 2.45) is 0 Å². The summed E-state index contributed by atoms with van der Waals surface area (Å²) in [7, 11) is -3.53. The van der Waals surface area contributed by atoms with Gasteiger partial charge in [0.15, 0.2) is 9.84 Å². The highest BCUT2D eigenvalue weighted by Gasteiger charge is 2.32. The molecular weight excluding hydrogens is 478 g/mol. The number of carboxylic acid groups (broad SMARTS) is 1. The lowest BCUT2D eigenvalue weighted by Gasteiger charge is -2.29. The van der Waals surface area contributed by atoms with Gasteiger partial charge in [0.2, 0.25) is 5.95 Å². The number of rotatable bonds is 6. The van der Waals surface area contributed by atoms with E-state index in [4.69, 9.17) is 5.11 Å². The minimum absolute atomic E-state index is 0.223. The number of aromatic nitrogens is 3. The Kier molecular flexibility index (Phi) is 6.43. The molecular formula is C26H25N5O4S. The van der Waals surface area contributed by atoms with Crippen molar-refractivity contribution >= 4 is 50.6 Å². The second kappa shape index (κ2) is 9.82. The van der Waals surface area contributed by atoms with Crippen LogP contribution in [0.25, 0.3) is 23.1 Å². The molecule has 2 aromatic heterocycles. The first-order valence-corrected chi connectivity index (χ1v) is 13.1. The number of hydrogen-bond donors (Lipinski definition) is 3. The number of sulfone groups is 1. The molecule has 1 aliphatic heterocycles. The van der Waals surface area contributed by atoms with Crippen LogP contribution in [0.2, 0.25) is 0 Å². The minimum Gasteiger partial charge on any atom is -0.465 e. The average molecular weight is 504 g/mol. The number of piperidine rings is 1. The van der Waals surface area contributed by atoms with Crippen molar-refractivity contribution in [2.75, 3.05) is 18.4 Å². The molecule has 1 saturated heterocycles. The van der Waals surface area contributed by atoms with Crippen molar-refractivity contribution in [3.8, 4) is 0 Å². The molecule has 0 aliphatic carbocycles. The number of nitrogens with zero attached hydrogens (tertiary/aromatic N) is 3. The fourth-order valence-corrected chi connectivity index (χ4v) is 6.07. The van der Waals surface area contributed by atoms with Gasteiger partial charge in [0.05, 0.1) is 10.1 Å². The van der Waals surface area contributed by atoms with Gasteiger partial charge in [-0.2, -0.15) is 0 Å². The number of benzene rings is 2. The molecule has 0 spiro atoms. The number of anilines is 2. The van der Waals surface area contributed by atoms with E-state index >= 15 is 0 Å². The van der Waals surface area contributed by atoms with Crippen LogP contribution in [0.1, 0.15) is 24.0 Å². The van der Waals surface area contributed by atoms with Crippen molar-refractivity contribution < 1.29 is 18.3 Å². The van der Waals surface area contributed by atoms with Crippen molar-refractivity contribution in [1.29, 1.82) is 0 Å². The number of hydrogen-bond acceptors (Lipinski definition) is 6. The molecule has 0 unspecified atom stereocenters. The minimum atomic E-state index is -3.53. The summed E-state index contributed by atoms with van der Waals surface area (Å²) in [5.74, 6) is 0.400. The molecule has 184 valence electrons. The molecule has 1 aliphatic rings. The van der Waals surface area contributed by atoms with Crippen LogP contribution in [-0.4, -0.2) is 57.8 Å². The Morgan fingerprint density at radius 1 is 1.03 bits per heavy atom. The van der Waals surface area contributed by atoms with Crippen LogP contribution in [0.3, 0.4) is 0 Å². The molecule has 1 fully saturated rings. The Balaban J connectivity index is 1.22. The van der Waals surface area contributed by atoms with Crippen LogP contribution >= 0.6 is 0 Å². The second-order valence-electron chi connectivity index (χ2n) is 8.62. The normalized spacial score (nSPS) is 14.9. The van der Waals surface area contributed by atoms with E-state index in [1.165, 1.54) is 4.90 Å². The molecule has 36 heavy (non-hydrogen) atoms. The number of aromatic amines is 1. The maximum Gasteiger partial charge on any atom is 0.407 e. The highest BCUT2D eigenvalue weighted by Crippen LogP contribution is 2.26. The first-order chi connectivity index (χ1) is 17.4. The summed E-state index contributed by atoms with van der Waals surface area (Å²) in [6.07, 6.45) is 8.89. The molecule has 3 N–H and O–H groups in total. The number of nitrogens with one attached hydrogen (secondary N) is 2. The molecule has 10 heteroatoms. The van der Waals surface area contributed by atoms with Gasteiger partial charge in [-0.3, -0.25) is 0 Å². The number of carbonyl (C=O) groups is 1. The third kappa shape index (κ3) is 4.94. The van der Waals surface area contributed by atoms with Crippen molar-refractivity contribution in [1.82, 2.24) is 19.9 Å². The van der Waals surface area contributed by atoms with Crippen LogP contribution in [0.4, 0.5) is 16.4 Å². The zero-order valence-electron chi connectivity index (χ0n) is 19.3. The van der Waals surface area contributed by atoms with Gasteiger partial charge in [-0.15, -0.1) is 0 Å². The predicted molar refractivity (Wildman–Crippen MR) is 139 cm³/mol. The molecule has 2 aromatic carbocycles. The number of fused-ring (bicyclic) bond motifs is 1. The maximum absolute atomic E-state index is 13.0. The fraction of sp³-hybridized carbons (Fsp3) is 0.192. The van der Waals surface area contributed by atoms with E-state index in [1.807, 2.05) is 42.6 Å². The van der Waals surface area contributed by atoms with Crippen LogP contribution in [0, 0.1) is 0 Å². The highest BCUT2D eigenvalue weighted by atomic mass is 32.2. The Bertz CT molecular complexity index is 1500. The SMILES string of the molecule is O=C(O)N1CCC(S(=O)(=O)c2ccc(Nc3ncc(C=Cc4cccc5[nH]ccc45)cn3)cc2)CC1. The largest absolute Gasteiger partial charge is 0.465 e. The Morgan fingerprint density at radius 3 is 2.44 bits per heavy atom. The van der Waals surface area contributed by atoms with Gasteiger partial charge in [0, 0.05) is 53.8 Å². The molecule has 0 bridgehead atoms. The van der Waals surface area contributed by atoms with Crippen molar-refractivity contribution in [3.63, 3.8) is 0 Å². The quantitative estimate of drug-likeness (QED) is 0.345. The van der Waals surface area contributed by atoms with Gasteiger partial charge >= 0.3 is 6.09 Å². The van der Waals surface area contributed by atoms with Crippen LogP contribution < -0.4 is 5.32 Å². The van der Waals surface area contributed by atoms with Gasteiger partial charge in [0.1, 0.15) is 0 Å². The number of H-pyrrole nitrogens is 1. The Morgan fingerprint density at radius 2 is 1.75 bits per heavy atom. The summed E-state index contributed by atoms with van der Waals surface area (Å²) in [6, 6.07) is 14.6. The standard InChI is InChI=1S/C26H25N5O4S/c32-26(33)31-14-11-22(12-15-31)36(34,35)21-8-6-20(7-9-21)30-25-28-16-18(17-29-25)4-5-19-2-1-3-24-23(19)10-13-27-24/h1-10,13,16-17,22,27H,11-12,14-15H2,(H,32,33)(H,28,29,30). The van der Waals surface area contributed by atoms with Crippen LogP contribution in [0.5, 0.6) is 0 Å². The zero-order valence-corrected chi connectivity index (χ0v) is 20.1. The molecule has 1 amide bonds. The Hall–Kier alpha value is -4.18. The van der Waals surface area contributed by atoms with E-state index in [2.05, 4.69) is 20.3 Å². The summed E-state index contributed by atoms with van der Waals surface area (Å²) in [5.41, 5.74) is 3.69. The Labute approximate surface area is 208 Å². The number of likely N-dealkylation sites (tertiary alicyclic amines) is 1. The molecule has 0 radical (unpaired) electrons. The molecule has 5 rings (SSSR count). The lowest BCUT2D eigenvalue weighted by atomic mass is 10.1.